The summed E-state index contributed by atoms with van der Waals surface area (Å²) >= 11 is 7.40. The fourth-order valence-corrected chi connectivity index (χ4v) is 5.08. The maximum atomic E-state index is 13.0. The summed E-state index contributed by atoms with van der Waals surface area (Å²) in [7, 11) is 0. The van der Waals surface area contributed by atoms with Crippen LogP contribution < -0.4 is 5.32 Å². The van der Waals surface area contributed by atoms with Crippen LogP contribution in [0.1, 0.15) is 61.5 Å². The highest BCUT2D eigenvalue weighted by Gasteiger charge is 2.44. The van der Waals surface area contributed by atoms with E-state index in [0.29, 0.717) is 15.6 Å². The van der Waals surface area contributed by atoms with Crippen LogP contribution in [0, 0.1) is 5.92 Å². The van der Waals surface area contributed by atoms with Crippen molar-refractivity contribution >= 4 is 49.9 Å². The molecule has 4 nitrogen and oxygen atoms in total. The zero-order valence-corrected chi connectivity index (χ0v) is 19.7. The van der Waals surface area contributed by atoms with Crippen molar-refractivity contribution in [2.45, 2.75) is 45.4 Å². The second-order valence-electron chi connectivity index (χ2n) is 8.98. The van der Waals surface area contributed by atoms with Crippen molar-refractivity contribution in [1.29, 1.82) is 0 Å². The van der Waals surface area contributed by atoms with Gasteiger partial charge in [-0.25, -0.2) is 4.79 Å². The minimum absolute atomic E-state index is 0.00844. The van der Waals surface area contributed by atoms with E-state index in [2.05, 4.69) is 32.2 Å². The Kier molecular flexibility index (Phi) is 5.84. The van der Waals surface area contributed by atoms with Crippen molar-refractivity contribution in [2.24, 2.45) is 5.92 Å². The predicted octanol–water partition coefficient (Wildman–Crippen LogP) is 6.77. The van der Waals surface area contributed by atoms with Crippen molar-refractivity contribution < 1.29 is 14.3 Å². The molecule has 0 spiro atoms. The molecule has 1 aliphatic rings. The smallest absolute Gasteiger partial charge is 0.341 e. The van der Waals surface area contributed by atoms with Crippen molar-refractivity contribution in [2.75, 3.05) is 11.9 Å². The van der Waals surface area contributed by atoms with E-state index in [4.69, 9.17) is 16.3 Å². The molecule has 3 aromatic rings. The molecule has 31 heavy (non-hydrogen) atoms. The minimum atomic E-state index is -0.405. The quantitative estimate of drug-likeness (QED) is 0.432. The number of fused-ring (bicyclic) bond motifs is 1. The minimum Gasteiger partial charge on any atom is -0.462 e. The van der Waals surface area contributed by atoms with Gasteiger partial charge < -0.3 is 10.1 Å². The van der Waals surface area contributed by atoms with E-state index in [-0.39, 0.29) is 29.8 Å². The highest BCUT2D eigenvalue weighted by Crippen LogP contribution is 2.49. The highest BCUT2D eigenvalue weighted by molar-refractivity contribution is 7.23. The number of halogens is 1. The Labute approximate surface area is 191 Å². The number of rotatable bonds is 5. The molecule has 6 heteroatoms. The van der Waals surface area contributed by atoms with Crippen LogP contribution >= 0.6 is 22.9 Å². The molecule has 1 saturated carbocycles. The first-order valence-corrected chi connectivity index (χ1v) is 11.7. The van der Waals surface area contributed by atoms with Gasteiger partial charge in [0.05, 0.1) is 6.61 Å². The lowest BCUT2D eigenvalue weighted by Crippen LogP contribution is -2.16. The van der Waals surface area contributed by atoms with Gasteiger partial charge in [-0.1, -0.05) is 56.6 Å². The molecule has 1 N–H and O–H groups in total. The number of ether oxygens (including phenoxy) is 1. The zero-order chi connectivity index (χ0) is 22.3. The van der Waals surface area contributed by atoms with Gasteiger partial charge >= 0.3 is 5.97 Å². The maximum absolute atomic E-state index is 13.0. The summed E-state index contributed by atoms with van der Waals surface area (Å²) in [5.74, 6) is -0.387. The normalized spacial score (nSPS) is 18.1. The third-order valence-electron chi connectivity index (χ3n) is 5.70. The summed E-state index contributed by atoms with van der Waals surface area (Å²) in [5.41, 5.74) is 2.73. The fourth-order valence-electron chi connectivity index (χ4n) is 3.82. The molecule has 162 valence electrons. The predicted molar refractivity (Wildman–Crippen MR) is 127 cm³/mol. The van der Waals surface area contributed by atoms with Gasteiger partial charge in [-0.15, -0.1) is 11.3 Å². The summed E-state index contributed by atoms with van der Waals surface area (Å²) in [5, 5.41) is 5.09. The van der Waals surface area contributed by atoms with E-state index in [9.17, 15) is 9.59 Å². The van der Waals surface area contributed by atoms with Crippen molar-refractivity contribution in [1.82, 2.24) is 0 Å². The Hall–Kier alpha value is -2.37. The number of hydrogen-bond acceptors (Lipinski definition) is 4. The van der Waals surface area contributed by atoms with E-state index in [0.717, 1.165) is 22.1 Å². The summed E-state index contributed by atoms with van der Waals surface area (Å²) in [6.45, 7) is 8.52. The Balaban J connectivity index is 1.62. The number of hydrogen-bond donors (Lipinski definition) is 1. The Bertz CT molecular complexity index is 1140. The Morgan fingerprint density at radius 3 is 2.52 bits per heavy atom. The summed E-state index contributed by atoms with van der Waals surface area (Å²) in [6, 6.07) is 13.7. The van der Waals surface area contributed by atoms with E-state index in [1.54, 1.807) is 6.92 Å². The van der Waals surface area contributed by atoms with Gasteiger partial charge in [0.2, 0.25) is 5.91 Å². The van der Waals surface area contributed by atoms with E-state index in [1.807, 2.05) is 36.4 Å². The van der Waals surface area contributed by atoms with Crippen LogP contribution in [0.15, 0.2) is 42.5 Å². The molecule has 4 rings (SSSR count). The lowest BCUT2D eigenvalue weighted by Gasteiger charge is -2.18. The van der Waals surface area contributed by atoms with E-state index < -0.39 is 5.97 Å². The number of benzene rings is 2. The third-order valence-corrected chi connectivity index (χ3v) is 7.02. The van der Waals surface area contributed by atoms with Crippen molar-refractivity contribution in [3.8, 4) is 0 Å². The number of amides is 1. The first kappa shape index (κ1) is 21.8. The highest BCUT2D eigenvalue weighted by atomic mass is 35.5. The summed E-state index contributed by atoms with van der Waals surface area (Å²) in [6.07, 6.45) is 0.793. The molecular weight excluding hydrogens is 430 g/mol. The second kappa shape index (κ2) is 8.29. The van der Waals surface area contributed by atoms with Crippen LogP contribution in [-0.2, 0) is 14.9 Å². The summed E-state index contributed by atoms with van der Waals surface area (Å²) < 4.78 is 6.26. The summed E-state index contributed by atoms with van der Waals surface area (Å²) in [4.78, 5) is 25.7. The topological polar surface area (TPSA) is 55.4 Å². The standard InChI is InChI=1S/C25H26ClNO3S/c1-5-30-24(29)21-17-11-8-15(25(2,3)4)12-20(17)31-23(21)27-22(28)19-13-18(19)14-6-9-16(26)10-7-14/h6-12,18-19H,5,13H2,1-4H3,(H,27,28). The lowest BCUT2D eigenvalue weighted by atomic mass is 9.87. The number of carbonyl (C=O) groups excluding carboxylic acids is 2. The van der Waals surface area contributed by atoms with Crippen LogP contribution in [0.25, 0.3) is 10.1 Å². The van der Waals surface area contributed by atoms with Gasteiger partial charge in [0.25, 0.3) is 0 Å². The molecule has 1 fully saturated rings. The first-order chi connectivity index (χ1) is 14.7. The average molecular weight is 456 g/mol. The Morgan fingerprint density at radius 2 is 1.87 bits per heavy atom. The second-order valence-corrected chi connectivity index (χ2v) is 10.5. The fraction of sp³-hybridized carbons (Fsp3) is 0.360. The molecule has 2 unspecified atom stereocenters. The SMILES string of the molecule is CCOC(=O)c1c(NC(=O)C2CC2c2ccc(Cl)cc2)sc2cc(C(C)(C)C)ccc12. The van der Waals surface area contributed by atoms with E-state index >= 15 is 0 Å². The number of anilines is 1. The van der Waals surface area contributed by atoms with Crippen LogP contribution in [0.2, 0.25) is 5.02 Å². The van der Waals surface area contributed by atoms with Crippen molar-refractivity contribution in [3.63, 3.8) is 0 Å². The molecule has 1 aromatic heterocycles. The van der Waals surface area contributed by atoms with Gasteiger partial charge in [-0.3, -0.25) is 4.79 Å². The molecular formula is C25H26ClNO3S. The lowest BCUT2D eigenvalue weighted by molar-refractivity contribution is -0.117. The van der Waals surface area contributed by atoms with Crippen LogP contribution in [0.5, 0.6) is 0 Å². The maximum Gasteiger partial charge on any atom is 0.341 e. The van der Waals surface area contributed by atoms with E-state index in [1.165, 1.54) is 16.9 Å². The van der Waals surface area contributed by atoms with Crippen molar-refractivity contribution in [3.05, 3.63) is 64.2 Å². The number of nitrogens with one attached hydrogen (secondary N) is 1. The number of carbonyl (C=O) groups is 2. The zero-order valence-electron chi connectivity index (χ0n) is 18.1. The molecule has 1 amide bonds. The average Bonchev–Trinajstić information content (AvgIpc) is 3.42. The monoisotopic (exact) mass is 455 g/mol. The molecule has 0 aliphatic heterocycles. The van der Waals surface area contributed by atoms with Gasteiger partial charge in [0.1, 0.15) is 10.6 Å². The molecule has 1 aliphatic carbocycles. The van der Waals surface area contributed by atoms with Gasteiger partial charge in [-0.2, -0.15) is 0 Å². The third kappa shape index (κ3) is 4.48. The van der Waals surface area contributed by atoms with Gasteiger partial charge in [0, 0.05) is 21.0 Å². The molecule has 0 radical (unpaired) electrons. The molecule has 2 aromatic carbocycles. The van der Waals surface area contributed by atoms with Gasteiger partial charge in [-0.05, 0) is 54.0 Å². The van der Waals surface area contributed by atoms with Crippen LogP contribution in [0.3, 0.4) is 0 Å². The molecule has 0 saturated heterocycles. The van der Waals surface area contributed by atoms with Crippen LogP contribution in [-0.4, -0.2) is 18.5 Å². The van der Waals surface area contributed by atoms with Crippen LogP contribution in [0.4, 0.5) is 5.00 Å². The van der Waals surface area contributed by atoms with Gasteiger partial charge in [0.15, 0.2) is 0 Å². The first-order valence-electron chi connectivity index (χ1n) is 10.5. The number of thiophene rings is 1. The Morgan fingerprint density at radius 1 is 1.16 bits per heavy atom. The molecule has 2 atom stereocenters. The number of esters is 1. The largest absolute Gasteiger partial charge is 0.462 e. The molecule has 1 heterocycles. The molecule has 0 bridgehead atoms.